The fraction of sp³-hybridized carbons (Fsp3) is 0.0417. The fourth-order valence-corrected chi connectivity index (χ4v) is 3.12. The maximum absolute atomic E-state index is 13.7. The number of carbonyl (C=O) groups excluding carboxylic acids is 2. The minimum Gasteiger partial charge on any atom is -0.273 e. The molecule has 3 aromatic carbocycles. The third-order valence-electron chi connectivity index (χ3n) is 4.65. The largest absolute Gasteiger partial charge is 0.273 e. The molecule has 154 valence electrons. The highest BCUT2D eigenvalue weighted by molar-refractivity contribution is 6.00. The Balaban J connectivity index is 1.55. The monoisotopic (exact) mass is 414 g/mol. The highest BCUT2D eigenvalue weighted by Crippen LogP contribution is 2.23. The van der Waals surface area contributed by atoms with Gasteiger partial charge in [0.15, 0.2) is 0 Å². The topological polar surface area (TPSA) is 76.0 Å². The standard InChI is InChI=1S/C24H19FN4O2/c25-21-14-8-7-11-18(21)15-22(30)26-27-24(31)20-16-29(19-12-5-2-6-13-19)28-23(20)17-9-3-1-4-10-17/h1-14,16H,15H2,(H,26,30)(H,27,31). The van der Waals surface area contributed by atoms with Gasteiger partial charge in [-0.15, -0.1) is 0 Å². The summed E-state index contributed by atoms with van der Waals surface area (Å²) in [5, 5.41) is 4.57. The Morgan fingerprint density at radius 2 is 1.48 bits per heavy atom. The van der Waals surface area contributed by atoms with E-state index >= 15 is 0 Å². The van der Waals surface area contributed by atoms with Crippen molar-refractivity contribution in [1.29, 1.82) is 0 Å². The van der Waals surface area contributed by atoms with Crippen LogP contribution in [0.1, 0.15) is 15.9 Å². The molecular weight excluding hydrogens is 395 g/mol. The van der Waals surface area contributed by atoms with Crippen molar-refractivity contribution in [3.8, 4) is 16.9 Å². The van der Waals surface area contributed by atoms with E-state index in [1.165, 1.54) is 12.1 Å². The van der Waals surface area contributed by atoms with E-state index in [0.717, 1.165) is 11.3 Å². The summed E-state index contributed by atoms with van der Waals surface area (Å²) in [6, 6.07) is 24.7. The van der Waals surface area contributed by atoms with Crippen LogP contribution < -0.4 is 10.9 Å². The van der Waals surface area contributed by atoms with Gasteiger partial charge in [-0.2, -0.15) is 5.10 Å². The van der Waals surface area contributed by atoms with E-state index in [9.17, 15) is 14.0 Å². The zero-order valence-corrected chi connectivity index (χ0v) is 16.5. The first-order valence-corrected chi connectivity index (χ1v) is 9.65. The second-order valence-electron chi connectivity index (χ2n) is 6.81. The number of hydrogen-bond donors (Lipinski definition) is 2. The predicted octanol–water partition coefficient (Wildman–Crippen LogP) is 3.68. The first-order valence-electron chi connectivity index (χ1n) is 9.65. The lowest BCUT2D eigenvalue weighted by molar-refractivity contribution is -0.121. The molecule has 0 saturated carbocycles. The highest BCUT2D eigenvalue weighted by atomic mass is 19.1. The van der Waals surface area contributed by atoms with Gasteiger partial charge >= 0.3 is 0 Å². The van der Waals surface area contributed by atoms with Crippen LogP contribution in [0.15, 0.2) is 91.1 Å². The smallest absolute Gasteiger partial charge is 0.273 e. The van der Waals surface area contributed by atoms with Crippen molar-refractivity contribution >= 4 is 11.8 Å². The Labute approximate surface area is 178 Å². The molecule has 4 rings (SSSR count). The van der Waals surface area contributed by atoms with Gasteiger partial charge in [-0.25, -0.2) is 9.07 Å². The van der Waals surface area contributed by atoms with Gasteiger partial charge in [0, 0.05) is 11.8 Å². The molecule has 0 bridgehead atoms. The van der Waals surface area contributed by atoms with Crippen LogP contribution in [0.2, 0.25) is 0 Å². The first-order chi connectivity index (χ1) is 15.1. The number of benzene rings is 3. The van der Waals surface area contributed by atoms with Crippen LogP contribution in [0.25, 0.3) is 16.9 Å². The number of nitrogens with zero attached hydrogens (tertiary/aromatic N) is 2. The molecule has 0 aliphatic rings. The third-order valence-corrected chi connectivity index (χ3v) is 4.65. The lowest BCUT2D eigenvalue weighted by atomic mass is 10.1. The molecule has 2 amide bonds. The third kappa shape index (κ3) is 4.67. The summed E-state index contributed by atoms with van der Waals surface area (Å²) in [7, 11) is 0. The molecule has 0 unspecified atom stereocenters. The Morgan fingerprint density at radius 3 is 2.19 bits per heavy atom. The SMILES string of the molecule is O=C(Cc1ccccc1F)NNC(=O)c1cn(-c2ccccc2)nc1-c1ccccc1. The predicted molar refractivity (Wildman–Crippen MR) is 115 cm³/mol. The second kappa shape index (κ2) is 9.04. The number of amides is 2. The average Bonchev–Trinajstić information content (AvgIpc) is 3.26. The van der Waals surface area contributed by atoms with E-state index in [1.807, 2.05) is 60.7 Å². The molecule has 2 N–H and O–H groups in total. The van der Waals surface area contributed by atoms with Gasteiger partial charge in [0.1, 0.15) is 11.5 Å². The van der Waals surface area contributed by atoms with Crippen molar-refractivity contribution in [1.82, 2.24) is 20.6 Å². The van der Waals surface area contributed by atoms with Gasteiger partial charge in [-0.3, -0.25) is 20.4 Å². The Bertz CT molecular complexity index is 1210. The Morgan fingerprint density at radius 1 is 0.839 bits per heavy atom. The minimum absolute atomic E-state index is 0.193. The molecule has 0 aliphatic heterocycles. The van der Waals surface area contributed by atoms with Crippen LogP contribution in [-0.4, -0.2) is 21.6 Å². The number of aromatic nitrogens is 2. The lowest BCUT2D eigenvalue weighted by Gasteiger charge is -2.08. The zero-order chi connectivity index (χ0) is 21.6. The van der Waals surface area contributed by atoms with Crippen molar-refractivity contribution in [2.45, 2.75) is 6.42 Å². The number of hydrogen-bond acceptors (Lipinski definition) is 3. The summed E-state index contributed by atoms with van der Waals surface area (Å²) in [6.07, 6.45) is 1.41. The molecular formula is C24H19FN4O2. The molecule has 0 aliphatic carbocycles. The summed E-state index contributed by atoms with van der Waals surface area (Å²) >= 11 is 0. The fourth-order valence-electron chi connectivity index (χ4n) is 3.12. The van der Waals surface area contributed by atoms with E-state index in [2.05, 4.69) is 16.0 Å². The molecule has 0 radical (unpaired) electrons. The zero-order valence-electron chi connectivity index (χ0n) is 16.5. The summed E-state index contributed by atoms with van der Waals surface area (Å²) in [4.78, 5) is 25.0. The van der Waals surface area contributed by atoms with Gasteiger partial charge < -0.3 is 0 Å². The van der Waals surface area contributed by atoms with Crippen LogP contribution in [0.5, 0.6) is 0 Å². The summed E-state index contributed by atoms with van der Waals surface area (Å²) in [5.41, 5.74) is 7.32. The molecule has 0 spiro atoms. The lowest BCUT2D eigenvalue weighted by Crippen LogP contribution is -2.42. The maximum Gasteiger partial charge on any atom is 0.273 e. The Kier molecular flexibility index (Phi) is 5.84. The van der Waals surface area contributed by atoms with Gasteiger partial charge in [0.25, 0.3) is 5.91 Å². The number of halogens is 1. The van der Waals surface area contributed by atoms with E-state index in [-0.39, 0.29) is 12.0 Å². The molecule has 1 aromatic heterocycles. The van der Waals surface area contributed by atoms with Crippen molar-refractivity contribution in [3.05, 3.63) is 108 Å². The van der Waals surface area contributed by atoms with Gasteiger partial charge in [0.2, 0.25) is 5.91 Å². The van der Waals surface area contributed by atoms with E-state index in [0.29, 0.717) is 11.3 Å². The van der Waals surface area contributed by atoms with Crippen LogP contribution in [0.3, 0.4) is 0 Å². The van der Waals surface area contributed by atoms with E-state index in [1.54, 1.807) is 23.0 Å². The maximum atomic E-state index is 13.7. The number of hydrazine groups is 1. The molecule has 1 heterocycles. The summed E-state index contributed by atoms with van der Waals surface area (Å²) in [6.45, 7) is 0. The van der Waals surface area contributed by atoms with E-state index in [4.69, 9.17) is 0 Å². The van der Waals surface area contributed by atoms with Gasteiger partial charge in [0.05, 0.1) is 17.7 Å². The van der Waals surface area contributed by atoms with Crippen molar-refractivity contribution in [2.75, 3.05) is 0 Å². The van der Waals surface area contributed by atoms with Gasteiger partial charge in [-0.1, -0.05) is 66.7 Å². The van der Waals surface area contributed by atoms with E-state index < -0.39 is 17.6 Å². The van der Waals surface area contributed by atoms with Gasteiger partial charge in [-0.05, 0) is 23.8 Å². The van der Waals surface area contributed by atoms with Crippen LogP contribution >= 0.6 is 0 Å². The van der Waals surface area contributed by atoms with Crippen LogP contribution in [0.4, 0.5) is 4.39 Å². The molecule has 0 saturated heterocycles. The first kappa shape index (κ1) is 20.0. The van der Waals surface area contributed by atoms with Crippen molar-refractivity contribution in [2.24, 2.45) is 0 Å². The summed E-state index contributed by atoms with van der Waals surface area (Å²) < 4.78 is 15.3. The number of carbonyl (C=O) groups is 2. The molecule has 6 nitrogen and oxygen atoms in total. The number of rotatable bonds is 5. The molecule has 4 aromatic rings. The average molecular weight is 414 g/mol. The molecule has 7 heteroatoms. The molecule has 31 heavy (non-hydrogen) atoms. The Hall–Kier alpha value is -4.26. The van der Waals surface area contributed by atoms with Crippen molar-refractivity contribution < 1.29 is 14.0 Å². The van der Waals surface area contributed by atoms with Crippen LogP contribution in [0, 0.1) is 5.82 Å². The quantitative estimate of drug-likeness (QED) is 0.489. The molecule has 0 atom stereocenters. The van der Waals surface area contributed by atoms with Crippen molar-refractivity contribution in [3.63, 3.8) is 0 Å². The second-order valence-corrected chi connectivity index (χ2v) is 6.81. The van der Waals surface area contributed by atoms with Crippen LogP contribution in [-0.2, 0) is 11.2 Å². The summed E-state index contributed by atoms with van der Waals surface area (Å²) in [5.74, 6) is -1.53. The minimum atomic E-state index is -0.532. The highest BCUT2D eigenvalue weighted by Gasteiger charge is 2.19. The normalized spacial score (nSPS) is 10.5. The number of para-hydroxylation sites is 1. The number of nitrogens with one attached hydrogen (secondary N) is 2. The molecule has 0 fully saturated rings.